The molecule has 0 spiro atoms. The monoisotopic (exact) mass is 398 g/mol. The average molecular weight is 399 g/mol. The van der Waals surface area contributed by atoms with Crippen LogP contribution in [0.15, 0.2) is 12.2 Å². The van der Waals surface area contributed by atoms with Crippen LogP contribution in [0.4, 0.5) is 0 Å². The summed E-state index contributed by atoms with van der Waals surface area (Å²) in [7, 11) is -0.125. The van der Waals surface area contributed by atoms with Gasteiger partial charge in [0.25, 0.3) is 0 Å². The second-order valence-electron chi connectivity index (χ2n) is 9.92. The third-order valence-electron chi connectivity index (χ3n) is 6.84. The topological polar surface area (TPSA) is 47.9 Å². The SMILES string of the molecule is CCCCC[C@@H](/C=C/[C@@H]1[C@H]2CC(OC)O[C@H]2C[C@H]1O)O[Si](C)(C)C(C)(C)C. The van der Waals surface area contributed by atoms with Crippen LogP contribution in [0.5, 0.6) is 0 Å². The molecule has 4 nitrogen and oxygen atoms in total. The third-order valence-corrected chi connectivity index (χ3v) is 11.3. The Balaban J connectivity index is 2.06. The van der Waals surface area contributed by atoms with Crippen molar-refractivity contribution in [3.8, 4) is 0 Å². The maximum Gasteiger partial charge on any atom is 0.192 e. The van der Waals surface area contributed by atoms with E-state index in [1.807, 2.05) is 0 Å². The summed E-state index contributed by atoms with van der Waals surface area (Å²) >= 11 is 0. The van der Waals surface area contributed by atoms with Crippen molar-refractivity contribution in [1.29, 1.82) is 0 Å². The van der Waals surface area contributed by atoms with Gasteiger partial charge in [-0.15, -0.1) is 0 Å². The highest BCUT2D eigenvalue weighted by Crippen LogP contribution is 2.44. The minimum atomic E-state index is -1.82. The molecule has 0 amide bonds. The summed E-state index contributed by atoms with van der Waals surface area (Å²) in [5.41, 5.74) is 0. The molecule has 5 heteroatoms. The lowest BCUT2D eigenvalue weighted by molar-refractivity contribution is -0.118. The second-order valence-corrected chi connectivity index (χ2v) is 14.7. The number of aliphatic hydroxyl groups excluding tert-OH is 1. The molecular weight excluding hydrogens is 356 g/mol. The first-order valence-electron chi connectivity index (χ1n) is 10.8. The Bertz CT molecular complexity index is 485. The lowest BCUT2D eigenvalue weighted by Gasteiger charge is -2.39. The first kappa shape index (κ1) is 23.1. The van der Waals surface area contributed by atoms with Gasteiger partial charge in [-0.05, 0) is 30.5 Å². The molecule has 1 saturated carbocycles. The van der Waals surface area contributed by atoms with Crippen molar-refractivity contribution >= 4 is 8.32 Å². The lowest BCUT2D eigenvalue weighted by Crippen LogP contribution is -2.43. The smallest absolute Gasteiger partial charge is 0.192 e. The fourth-order valence-electron chi connectivity index (χ4n) is 4.06. The van der Waals surface area contributed by atoms with Crippen LogP contribution < -0.4 is 0 Å². The molecule has 1 aliphatic heterocycles. The maximum atomic E-state index is 10.5. The van der Waals surface area contributed by atoms with E-state index in [0.29, 0.717) is 12.3 Å². The van der Waals surface area contributed by atoms with Crippen LogP contribution in [-0.4, -0.2) is 45.1 Å². The summed E-state index contributed by atoms with van der Waals surface area (Å²) in [6.45, 7) is 13.7. The minimum absolute atomic E-state index is 0.118. The maximum absolute atomic E-state index is 10.5. The highest BCUT2D eigenvalue weighted by molar-refractivity contribution is 6.74. The molecule has 2 rings (SSSR count). The quantitative estimate of drug-likeness (QED) is 0.326. The van der Waals surface area contributed by atoms with E-state index in [1.165, 1.54) is 19.3 Å². The zero-order chi connectivity index (χ0) is 20.2. The molecule has 1 N–H and O–H groups in total. The Morgan fingerprint density at radius 3 is 2.52 bits per heavy atom. The molecule has 0 aromatic heterocycles. The van der Waals surface area contributed by atoms with Crippen LogP contribution in [-0.2, 0) is 13.9 Å². The average Bonchev–Trinajstić information content (AvgIpc) is 3.08. The van der Waals surface area contributed by atoms with Crippen molar-refractivity contribution in [2.75, 3.05) is 7.11 Å². The van der Waals surface area contributed by atoms with Gasteiger partial charge in [-0.3, -0.25) is 0 Å². The van der Waals surface area contributed by atoms with E-state index in [-0.39, 0.29) is 35.6 Å². The summed E-state index contributed by atoms with van der Waals surface area (Å²) in [5, 5.41) is 10.7. The fourth-order valence-corrected chi connectivity index (χ4v) is 5.37. The summed E-state index contributed by atoms with van der Waals surface area (Å²) < 4.78 is 18.0. The van der Waals surface area contributed by atoms with Crippen molar-refractivity contribution < 1.29 is 19.0 Å². The van der Waals surface area contributed by atoms with Crippen LogP contribution in [0.25, 0.3) is 0 Å². The van der Waals surface area contributed by atoms with E-state index < -0.39 is 8.32 Å². The summed E-state index contributed by atoms with van der Waals surface area (Å²) in [6, 6.07) is 0. The van der Waals surface area contributed by atoms with Gasteiger partial charge in [0.15, 0.2) is 14.6 Å². The van der Waals surface area contributed by atoms with Gasteiger partial charge in [0.05, 0.1) is 18.3 Å². The molecule has 6 atom stereocenters. The van der Waals surface area contributed by atoms with E-state index >= 15 is 0 Å². The summed E-state index contributed by atoms with van der Waals surface area (Å²) in [6.07, 6.45) is 10.6. The van der Waals surface area contributed by atoms with Gasteiger partial charge in [0.2, 0.25) is 0 Å². The summed E-state index contributed by atoms with van der Waals surface area (Å²) in [5.74, 6) is 0.497. The van der Waals surface area contributed by atoms with Gasteiger partial charge in [0.1, 0.15) is 0 Å². The van der Waals surface area contributed by atoms with E-state index in [1.54, 1.807) is 7.11 Å². The molecule has 0 radical (unpaired) electrons. The molecule has 0 aromatic rings. The Morgan fingerprint density at radius 2 is 1.93 bits per heavy atom. The molecule has 0 aromatic carbocycles. The molecule has 2 aliphatic rings. The second kappa shape index (κ2) is 9.53. The Hall–Kier alpha value is -0.203. The number of fused-ring (bicyclic) bond motifs is 1. The first-order valence-corrected chi connectivity index (χ1v) is 13.7. The molecule has 158 valence electrons. The van der Waals surface area contributed by atoms with E-state index in [4.69, 9.17) is 13.9 Å². The predicted octanol–water partition coefficient (Wildman–Crippen LogP) is 5.27. The molecule has 27 heavy (non-hydrogen) atoms. The number of hydrogen-bond acceptors (Lipinski definition) is 4. The number of aliphatic hydroxyl groups is 1. The van der Waals surface area contributed by atoms with Gasteiger partial charge in [0, 0.05) is 25.9 Å². The van der Waals surface area contributed by atoms with E-state index in [0.717, 1.165) is 12.8 Å². The highest BCUT2D eigenvalue weighted by Gasteiger charge is 2.48. The first-order chi connectivity index (χ1) is 12.6. The van der Waals surface area contributed by atoms with Crippen LogP contribution in [0.2, 0.25) is 18.1 Å². The molecule has 1 saturated heterocycles. The van der Waals surface area contributed by atoms with Crippen molar-refractivity contribution in [1.82, 2.24) is 0 Å². The van der Waals surface area contributed by atoms with E-state index in [9.17, 15) is 5.11 Å². The minimum Gasteiger partial charge on any atom is -0.411 e. The number of methoxy groups -OCH3 is 1. The standard InChI is InChI=1S/C22H42O4Si/c1-8-9-10-11-16(26-27(6,7)22(2,3)4)12-13-17-18-14-21(24-5)25-20(18)15-19(17)23/h12-13,16-21,23H,8-11,14-15H2,1-7H3/b13-12+/t16-,17+,18+,19+,20-,21?/m0/s1. The van der Waals surface area contributed by atoms with Crippen LogP contribution >= 0.6 is 0 Å². The molecule has 1 aliphatic carbocycles. The largest absolute Gasteiger partial charge is 0.411 e. The van der Waals surface area contributed by atoms with E-state index in [2.05, 4.69) is 52.9 Å². The molecule has 2 fully saturated rings. The Kier molecular flexibility index (Phi) is 8.15. The number of ether oxygens (including phenoxy) is 2. The molecular formula is C22H42O4Si. The van der Waals surface area contributed by atoms with Crippen molar-refractivity contribution in [3.63, 3.8) is 0 Å². The van der Waals surface area contributed by atoms with Crippen LogP contribution in [0, 0.1) is 11.8 Å². The normalized spacial score (nSPS) is 33.0. The Labute approximate surface area is 167 Å². The van der Waals surface area contributed by atoms with Crippen LogP contribution in [0.3, 0.4) is 0 Å². The van der Waals surface area contributed by atoms with Gasteiger partial charge < -0.3 is 19.0 Å². The summed E-state index contributed by atoms with van der Waals surface area (Å²) in [4.78, 5) is 0. The zero-order valence-corrected chi connectivity index (χ0v) is 19.5. The number of rotatable bonds is 9. The van der Waals surface area contributed by atoms with Gasteiger partial charge in [-0.1, -0.05) is 59.1 Å². The lowest BCUT2D eigenvalue weighted by atomic mass is 9.91. The van der Waals surface area contributed by atoms with Crippen LogP contribution in [0.1, 0.15) is 66.2 Å². The van der Waals surface area contributed by atoms with Crippen molar-refractivity contribution in [2.45, 2.75) is 109 Å². The fraction of sp³-hybridized carbons (Fsp3) is 0.909. The van der Waals surface area contributed by atoms with Gasteiger partial charge in [-0.2, -0.15) is 0 Å². The van der Waals surface area contributed by atoms with Gasteiger partial charge in [-0.25, -0.2) is 0 Å². The van der Waals surface area contributed by atoms with Crippen molar-refractivity contribution in [2.24, 2.45) is 11.8 Å². The predicted molar refractivity (Wildman–Crippen MR) is 113 cm³/mol. The number of hydrogen-bond donors (Lipinski definition) is 1. The third kappa shape index (κ3) is 5.89. The molecule has 0 bridgehead atoms. The van der Waals surface area contributed by atoms with Gasteiger partial charge >= 0.3 is 0 Å². The van der Waals surface area contributed by atoms with Crippen molar-refractivity contribution in [3.05, 3.63) is 12.2 Å². The molecule has 1 heterocycles. The molecule has 1 unspecified atom stereocenters. The Morgan fingerprint density at radius 1 is 1.22 bits per heavy atom. The zero-order valence-electron chi connectivity index (χ0n) is 18.5. The number of unbranched alkanes of at least 4 members (excludes halogenated alkanes) is 2. The highest BCUT2D eigenvalue weighted by atomic mass is 28.4.